The number of nitrogens with one attached hydrogen (secondary N) is 1. The Morgan fingerprint density at radius 3 is 1.36 bits per heavy atom. The summed E-state index contributed by atoms with van der Waals surface area (Å²) in [6, 6.07) is 0. The standard InChI is InChI=1S/C22H49N3/c1-3-5-6-7-8-9-10-11-12-13-14-15-16-17-18-19-21-24-25(4-2)22-20-23/h24H,3-23H2,1-2H3. The van der Waals surface area contributed by atoms with Crippen molar-refractivity contribution in [3.63, 3.8) is 0 Å². The minimum absolute atomic E-state index is 0.736. The minimum Gasteiger partial charge on any atom is -0.329 e. The summed E-state index contributed by atoms with van der Waals surface area (Å²) in [7, 11) is 0. The maximum atomic E-state index is 5.59. The molecule has 0 aliphatic heterocycles. The van der Waals surface area contributed by atoms with Crippen LogP contribution in [-0.4, -0.2) is 31.2 Å². The SMILES string of the molecule is CCCCCCCCCCCCCCCCCCNN(CC)CCN. The van der Waals surface area contributed by atoms with Crippen molar-refractivity contribution < 1.29 is 0 Å². The topological polar surface area (TPSA) is 41.3 Å². The monoisotopic (exact) mass is 355 g/mol. The molecule has 3 heteroatoms. The Hall–Kier alpha value is -0.120. The van der Waals surface area contributed by atoms with Crippen LogP contribution < -0.4 is 11.2 Å². The maximum absolute atomic E-state index is 5.59. The van der Waals surface area contributed by atoms with Crippen molar-refractivity contribution in [3.8, 4) is 0 Å². The van der Waals surface area contributed by atoms with Crippen molar-refractivity contribution in [1.29, 1.82) is 0 Å². The molecule has 0 aliphatic carbocycles. The van der Waals surface area contributed by atoms with Crippen LogP contribution >= 0.6 is 0 Å². The van der Waals surface area contributed by atoms with Crippen LogP contribution in [0, 0.1) is 0 Å². The van der Waals surface area contributed by atoms with E-state index in [1.165, 1.54) is 103 Å². The summed E-state index contributed by atoms with van der Waals surface area (Å²) < 4.78 is 0. The second-order valence-corrected chi connectivity index (χ2v) is 7.58. The summed E-state index contributed by atoms with van der Waals surface area (Å²) >= 11 is 0. The predicted molar refractivity (Wildman–Crippen MR) is 114 cm³/mol. The summed E-state index contributed by atoms with van der Waals surface area (Å²) in [6.07, 6.45) is 22.9. The lowest BCUT2D eigenvalue weighted by molar-refractivity contribution is 0.202. The van der Waals surface area contributed by atoms with Crippen molar-refractivity contribution in [2.45, 2.75) is 117 Å². The molecule has 0 atom stereocenters. The van der Waals surface area contributed by atoms with Crippen LogP contribution in [0.2, 0.25) is 0 Å². The van der Waals surface area contributed by atoms with Gasteiger partial charge in [0.15, 0.2) is 0 Å². The van der Waals surface area contributed by atoms with Gasteiger partial charge in [0.25, 0.3) is 0 Å². The van der Waals surface area contributed by atoms with E-state index in [4.69, 9.17) is 5.73 Å². The number of rotatable bonds is 21. The first-order valence-electron chi connectivity index (χ1n) is 11.5. The first-order valence-corrected chi connectivity index (χ1v) is 11.5. The van der Waals surface area contributed by atoms with Crippen LogP contribution in [0.1, 0.15) is 117 Å². The van der Waals surface area contributed by atoms with Gasteiger partial charge in [-0.2, -0.15) is 0 Å². The van der Waals surface area contributed by atoms with E-state index in [2.05, 4.69) is 24.3 Å². The van der Waals surface area contributed by atoms with E-state index in [9.17, 15) is 0 Å². The van der Waals surface area contributed by atoms with Gasteiger partial charge >= 0.3 is 0 Å². The highest BCUT2D eigenvalue weighted by Crippen LogP contribution is 2.13. The average Bonchev–Trinajstić information content (AvgIpc) is 2.63. The molecular weight excluding hydrogens is 306 g/mol. The Bertz CT molecular complexity index is 233. The Kier molecular flexibility index (Phi) is 21.8. The quantitative estimate of drug-likeness (QED) is 0.195. The Morgan fingerprint density at radius 1 is 0.600 bits per heavy atom. The summed E-state index contributed by atoms with van der Waals surface area (Å²) in [5.74, 6) is 0. The summed E-state index contributed by atoms with van der Waals surface area (Å²) in [4.78, 5) is 0. The van der Waals surface area contributed by atoms with Gasteiger partial charge in [-0.3, -0.25) is 5.43 Å². The van der Waals surface area contributed by atoms with E-state index in [1.54, 1.807) is 0 Å². The number of likely N-dealkylation sites (N-methyl/N-ethyl adjacent to an activating group) is 1. The van der Waals surface area contributed by atoms with Gasteiger partial charge in [-0.05, 0) is 6.42 Å². The smallest absolute Gasteiger partial charge is 0.0253 e. The Morgan fingerprint density at radius 2 is 1.00 bits per heavy atom. The lowest BCUT2D eigenvalue weighted by Gasteiger charge is -2.20. The van der Waals surface area contributed by atoms with E-state index in [0.29, 0.717) is 0 Å². The molecular formula is C22H49N3. The van der Waals surface area contributed by atoms with Gasteiger partial charge in [0.2, 0.25) is 0 Å². The molecule has 3 nitrogen and oxygen atoms in total. The first kappa shape index (κ1) is 24.9. The van der Waals surface area contributed by atoms with Crippen LogP contribution in [-0.2, 0) is 0 Å². The van der Waals surface area contributed by atoms with E-state index >= 15 is 0 Å². The Balaban J connectivity index is 3.07. The number of nitrogens with zero attached hydrogens (tertiary/aromatic N) is 1. The lowest BCUT2D eigenvalue weighted by atomic mass is 10.0. The highest BCUT2D eigenvalue weighted by molar-refractivity contribution is 4.53. The van der Waals surface area contributed by atoms with Crippen LogP contribution in [0.15, 0.2) is 0 Å². The second-order valence-electron chi connectivity index (χ2n) is 7.58. The van der Waals surface area contributed by atoms with Crippen LogP contribution in [0.25, 0.3) is 0 Å². The van der Waals surface area contributed by atoms with Crippen LogP contribution in [0.5, 0.6) is 0 Å². The zero-order valence-electron chi connectivity index (χ0n) is 17.7. The summed E-state index contributed by atoms with van der Waals surface area (Å²) in [6.45, 7) is 8.30. The molecule has 0 unspecified atom stereocenters. The molecule has 25 heavy (non-hydrogen) atoms. The van der Waals surface area contributed by atoms with Crippen molar-refractivity contribution in [1.82, 2.24) is 10.4 Å². The van der Waals surface area contributed by atoms with E-state index < -0.39 is 0 Å². The van der Waals surface area contributed by atoms with E-state index in [-0.39, 0.29) is 0 Å². The maximum Gasteiger partial charge on any atom is 0.0253 e. The molecule has 0 radical (unpaired) electrons. The fourth-order valence-corrected chi connectivity index (χ4v) is 3.42. The number of hydrogen-bond acceptors (Lipinski definition) is 3. The molecule has 0 aromatic rings. The number of hydrazine groups is 1. The lowest BCUT2D eigenvalue weighted by Crippen LogP contribution is -2.41. The molecule has 0 spiro atoms. The zero-order valence-corrected chi connectivity index (χ0v) is 17.7. The molecule has 0 heterocycles. The molecule has 0 fully saturated rings. The molecule has 3 N–H and O–H groups in total. The van der Waals surface area contributed by atoms with Crippen molar-refractivity contribution in [3.05, 3.63) is 0 Å². The number of hydrogen-bond donors (Lipinski definition) is 2. The van der Waals surface area contributed by atoms with Crippen molar-refractivity contribution in [2.24, 2.45) is 5.73 Å². The first-order chi connectivity index (χ1) is 12.3. The zero-order chi connectivity index (χ0) is 18.4. The van der Waals surface area contributed by atoms with Crippen molar-refractivity contribution in [2.75, 3.05) is 26.2 Å². The third-order valence-electron chi connectivity index (χ3n) is 5.15. The Labute approximate surface area is 159 Å². The van der Waals surface area contributed by atoms with Gasteiger partial charge in [-0.15, -0.1) is 0 Å². The van der Waals surface area contributed by atoms with Crippen molar-refractivity contribution >= 4 is 0 Å². The van der Waals surface area contributed by atoms with Crippen LogP contribution in [0.3, 0.4) is 0 Å². The van der Waals surface area contributed by atoms with Gasteiger partial charge < -0.3 is 5.73 Å². The molecule has 0 aromatic heterocycles. The van der Waals surface area contributed by atoms with Gasteiger partial charge in [0, 0.05) is 26.2 Å². The third-order valence-corrected chi connectivity index (χ3v) is 5.15. The molecule has 0 aliphatic rings. The highest BCUT2D eigenvalue weighted by Gasteiger charge is 1.99. The van der Waals surface area contributed by atoms with E-state index in [0.717, 1.165) is 26.2 Å². The van der Waals surface area contributed by atoms with Gasteiger partial charge in [-0.1, -0.05) is 110 Å². The molecule has 0 amide bonds. The summed E-state index contributed by atoms with van der Waals surface area (Å²) in [5.41, 5.74) is 9.06. The molecule has 0 rings (SSSR count). The fourth-order valence-electron chi connectivity index (χ4n) is 3.42. The number of nitrogens with two attached hydrogens (primary N) is 1. The van der Waals surface area contributed by atoms with Gasteiger partial charge in [-0.25, -0.2) is 5.01 Å². The molecule has 0 aromatic carbocycles. The number of unbranched alkanes of at least 4 members (excludes halogenated alkanes) is 15. The van der Waals surface area contributed by atoms with Crippen LogP contribution in [0.4, 0.5) is 0 Å². The highest BCUT2D eigenvalue weighted by atomic mass is 15.5. The molecule has 152 valence electrons. The fraction of sp³-hybridized carbons (Fsp3) is 1.00. The van der Waals surface area contributed by atoms with E-state index in [1.807, 2.05) is 0 Å². The molecule has 0 saturated heterocycles. The normalized spacial score (nSPS) is 11.5. The predicted octanol–water partition coefficient (Wildman–Crippen LogP) is 6.03. The largest absolute Gasteiger partial charge is 0.329 e. The molecule has 0 bridgehead atoms. The van der Waals surface area contributed by atoms with Gasteiger partial charge in [0.1, 0.15) is 0 Å². The molecule has 0 saturated carbocycles. The average molecular weight is 356 g/mol. The van der Waals surface area contributed by atoms with Gasteiger partial charge in [0.05, 0.1) is 0 Å². The summed E-state index contributed by atoms with van der Waals surface area (Å²) in [5, 5.41) is 2.23. The minimum atomic E-state index is 0.736. The third kappa shape index (κ3) is 20.0. The second kappa shape index (κ2) is 21.9.